The van der Waals surface area contributed by atoms with Gasteiger partial charge in [0.1, 0.15) is 0 Å². The molecule has 4 aromatic carbocycles. The molecule has 1 N–H and O–H groups in total. The van der Waals surface area contributed by atoms with E-state index in [-0.39, 0.29) is 29.3 Å². The standard InChI is InChI=1S/C38H32F2N4O3/c1-42-21-9-22-43(25-24-42)35(45)26-33-32-14-7-8-15-34(32)44(23-20-38(33,39)40)37(47)28-16-18-29(19-17-28)41-36(46)31-13-6-5-12-30(31)27-10-3-2-4-11-27/h2-19,22,24-26H,20-21,23H2,1H3,(H,41,46)/b33-26-. The SMILES string of the molecule is CN1C=CN(C(=O)/C=C2/c3ccccc3N(C(=O)c3ccc(NC(=O)c4ccccc4-c4ccccc4)cc3)CCC2(F)F)C=CC1. The number of hydrogen-bond donors (Lipinski definition) is 1. The van der Waals surface area contributed by atoms with E-state index in [1.54, 1.807) is 73.1 Å². The fraction of sp³-hybridized carbons (Fsp3) is 0.132. The highest BCUT2D eigenvalue weighted by atomic mass is 19.3. The summed E-state index contributed by atoms with van der Waals surface area (Å²) >= 11 is 0. The van der Waals surface area contributed by atoms with Gasteiger partial charge in [0.15, 0.2) is 0 Å². The van der Waals surface area contributed by atoms with Crippen molar-refractivity contribution in [1.82, 2.24) is 9.80 Å². The second kappa shape index (κ2) is 13.3. The molecule has 2 aliphatic rings. The Labute approximate surface area is 271 Å². The number of alkyl halides is 2. The molecule has 0 aliphatic carbocycles. The highest BCUT2D eigenvalue weighted by Gasteiger charge is 2.41. The first-order valence-corrected chi connectivity index (χ1v) is 15.2. The zero-order valence-corrected chi connectivity index (χ0v) is 25.6. The fourth-order valence-electron chi connectivity index (χ4n) is 5.60. The lowest BCUT2D eigenvalue weighted by molar-refractivity contribution is -0.121. The maximum absolute atomic E-state index is 15.7. The van der Waals surface area contributed by atoms with Gasteiger partial charge in [0.2, 0.25) is 0 Å². The van der Waals surface area contributed by atoms with E-state index in [0.29, 0.717) is 17.8 Å². The molecule has 47 heavy (non-hydrogen) atoms. The monoisotopic (exact) mass is 630 g/mol. The van der Waals surface area contributed by atoms with E-state index < -0.39 is 29.7 Å². The number of benzene rings is 4. The van der Waals surface area contributed by atoms with Crippen molar-refractivity contribution in [1.29, 1.82) is 0 Å². The molecule has 7 nitrogen and oxygen atoms in total. The van der Waals surface area contributed by atoms with Gasteiger partial charge in [-0.3, -0.25) is 19.3 Å². The van der Waals surface area contributed by atoms with Crippen molar-refractivity contribution in [3.8, 4) is 11.1 Å². The Kier molecular flexibility index (Phi) is 8.79. The van der Waals surface area contributed by atoms with Crippen molar-refractivity contribution in [2.45, 2.75) is 12.3 Å². The summed E-state index contributed by atoms with van der Waals surface area (Å²) in [6.45, 7) is 0.305. The summed E-state index contributed by atoms with van der Waals surface area (Å²) in [5, 5.41) is 2.89. The molecule has 6 rings (SSSR count). The Morgan fingerprint density at radius 2 is 1.47 bits per heavy atom. The summed E-state index contributed by atoms with van der Waals surface area (Å²) in [5.74, 6) is -4.78. The van der Waals surface area contributed by atoms with E-state index in [1.165, 1.54) is 22.1 Å². The number of allylic oxidation sites excluding steroid dienone is 1. The van der Waals surface area contributed by atoms with Crippen LogP contribution in [0.25, 0.3) is 16.7 Å². The average Bonchev–Trinajstić information content (AvgIpc) is 3.37. The zero-order chi connectivity index (χ0) is 33.0. The van der Waals surface area contributed by atoms with Crippen LogP contribution in [0.1, 0.15) is 32.7 Å². The number of rotatable bonds is 5. The lowest BCUT2D eigenvalue weighted by Gasteiger charge is -2.23. The molecule has 0 fully saturated rings. The smallest absolute Gasteiger partial charge is 0.275 e. The van der Waals surface area contributed by atoms with Gasteiger partial charge in [0.05, 0.1) is 5.69 Å². The minimum Gasteiger partial charge on any atom is -0.375 e. The van der Waals surface area contributed by atoms with Crippen LogP contribution in [0.4, 0.5) is 20.2 Å². The van der Waals surface area contributed by atoms with Crippen molar-refractivity contribution in [3.63, 3.8) is 0 Å². The van der Waals surface area contributed by atoms with Gasteiger partial charge in [-0.15, -0.1) is 0 Å². The molecule has 9 heteroatoms. The van der Waals surface area contributed by atoms with Crippen LogP contribution in [-0.4, -0.2) is 53.6 Å². The molecule has 2 heterocycles. The molecule has 0 saturated carbocycles. The summed E-state index contributed by atoms with van der Waals surface area (Å²) in [4.78, 5) is 44.6. The Balaban J connectivity index is 1.24. The molecule has 236 valence electrons. The van der Waals surface area contributed by atoms with Crippen LogP contribution in [0, 0.1) is 0 Å². The van der Waals surface area contributed by atoms with Crippen LogP contribution in [0.3, 0.4) is 0 Å². The molecular weight excluding hydrogens is 598 g/mol. The van der Waals surface area contributed by atoms with Gasteiger partial charge < -0.3 is 15.1 Å². The number of hydrogen-bond acceptors (Lipinski definition) is 4. The number of carbonyl (C=O) groups excluding carboxylic acids is 3. The zero-order valence-electron chi connectivity index (χ0n) is 25.6. The predicted octanol–water partition coefficient (Wildman–Crippen LogP) is 7.43. The number of nitrogens with one attached hydrogen (secondary N) is 1. The van der Waals surface area contributed by atoms with Gasteiger partial charge in [0, 0.05) is 79.2 Å². The van der Waals surface area contributed by atoms with Crippen molar-refractivity contribution in [3.05, 3.63) is 151 Å². The van der Waals surface area contributed by atoms with E-state index in [0.717, 1.165) is 17.2 Å². The molecule has 4 aromatic rings. The van der Waals surface area contributed by atoms with Gasteiger partial charge in [0.25, 0.3) is 23.6 Å². The molecule has 0 bridgehead atoms. The van der Waals surface area contributed by atoms with E-state index in [2.05, 4.69) is 5.32 Å². The molecule has 0 saturated heterocycles. The van der Waals surface area contributed by atoms with Crippen LogP contribution >= 0.6 is 0 Å². The second-order valence-electron chi connectivity index (χ2n) is 11.3. The van der Waals surface area contributed by atoms with E-state index >= 15 is 8.78 Å². The van der Waals surface area contributed by atoms with E-state index in [1.807, 2.05) is 54.4 Å². The third kappa shape index (κ3) is 6.74. The van der Waals surface area contributed by atoms with E-state index in [9.17, 15) is 14.4 Å². The maximum atomic E-state index is 15.7. The molecule has 3 amide bonds. The lowest BCUT2D eigenvalue weighted by Crippen LogP contribution is -2.33. The Bertz CT molecular complexity index is 1900. The van der Waals surface area contributed by atoms with Crippen LogP contribution in [0.5, 0.6) is 0 Å². The highest BCUT2D eigenvalue weighted by molar-refractivity contribution is 6.11. The third-order valence-electron chi connectivity index (χ3n) is 8.08. The average molecular weight is 631 g/mol. The molecule has 0 atom stereocenters. The number of anilines is 2. The van der Waals surface area contributed by atoms with Gasteiger partial charge in [-0.05, 0) is 53.6 Å². The van der Waals surface area contributed by atoms with Gasteiger partial charge >= 0.3 is 0 Å². The van der Waals surface area contributed by atoms with Crippen molar-refractivity contribution >= 4 is 34.7 Å². The summed E-state index contributed by atoms with van der Waals surface area (Å²) in [6, 6.07) is 29.6. The number of carbonyl (C=O) groups is 3. The number of para-hydroxylation sites is 1. The molecule has 0 spiro atoms. The summed E-state index contributed by atoms with van der Waals surface area (Å²) < 4.78 is 31.4. The first-order valence-electron chi connectivity index (χ1n) is 15.2. The van der Waals surface area contributed by atoms with Crippen LogP contribution in [-0.2, 0) is 4.79 Å². The first kappa shape index (κ1) is 31.2. The highest BCUT2D eigenvalue weighted by Crippen LogP contribution is 2.43. The van der Waals surface area contributed by atoms with Crippen molar-refractivity contribution in [2.75, 3.05) is 30.4 Å². The number of fused-ring (bicyclic) bond motifs is 1. The van der Waals surface area contributed by atoms with Gasteiger partial charge in [-0.25, -0.2) is 8.78 Å². The Morgan fingerprint density at radius 1 is 0.787 bits per heavy atom. The normalized spacial score (nSPS) is 16.3. The number of amides is 3. The summed E-state index contributed by atoms with van der Waals surface area (Å²) in [7, 11) is 1.84. The van der Waals surface area contributed by atoms with E-state index in [4.69, 9.17) is 0 Å². The molecule has 2 aliphatic heterocycles. The third-order valence-corrected chi connectivity index (χ3v) is 8.08. The predicted molar refractivity (Wildman–Crippen MR) is 180 cm³/mol. The topological polar surface area (TPSA) is 73.0 Å². The number of halogens is 2. The molecular formula is C38H32F2N4O3. The lowest BCUT2D eigenvalue weighted by atomic mass is 9.97. The molecule has 0 unspecified atom stereocenters. The second-order valence-corrected chi connectivity index (χ2v) is 11.3. The first-order chi connectivity index (χ1) is 22.7. The van der Waals surface area contributed by atoms with Crippen LogP contribution in [0.2, 0.25) is 0 Å². The quantitative estimate of drug-likeness (QED) is 0.233. The van der Waals surface area contributed by atoms with Crippen molar-refractivity contribution < 1.29 is 23.2 Å². The van der Waals surface area contributed by atoms with Gasteiger partial charge in [-0.1, -0.05) is 66.7 Å². The molecule has 0 radical (unpaired) electrons. The maximum Gasteiger partial charge on any atom is 0.275 e. The fourth-order valence-corrected chi connectivity index (χ4v) is 5.60. The van der Waals surface area contributed by atoms with Crippen LogP contribution in [0.15, 0.2) is 134 Å². The number of nitrogens with zero attached hydrogens (tertiary/aromatic N) is 3. The largest absolute Gasteiger partial charge is 0.375 e. The Hall–Kier alpha value is -5.83. The summed E-state index contributed by atoms with van der Waals surface area (Å²) in [6.07, 6.45) is 6.81. The minimum absolute atomic E-state index is 0.109. The van der Waals surface area contributed by atoms with Crippen molar-refractivity contribution in [2.24, 2.45) is 0 Å². The van der Waals surface area contributed by atoms with Crippen LogP contribution < -0.4 is 10.2 Å². The minimum atomic E-state index is -3.37. The summed E-state index contributed by atoms with van der Waals surface area (Å²) in [5.41, 5.74) is 2.88. The van der Waals surface area contributed by atoms with Gasteiger partial charge in [-0.2, -0.15) is 0 Å². The number of likely N-dealkylation sites (N-methyl/N-ethyl adjacent to an activating group) is 1. The molecule has 0 aromatic heterocycles. The Morgan fingerprint density at radius 3 is 2.23 bits per heavy atom.